The Kier molecular flexibility index (Phi) is 5.51. The maximum Gasteiger partial charge on any atom is 0.270 e. The van der Waals surface area contributed by atoms with Crippen LogP contribution in [0.3, 0.4) is 0 Å². The van der Waals surface area contributed by atoms with Gasteiger partial charge in [-0.25, -0.2) is 0 Å². The number of carbonyl (C=O) groups is 1. The van der Waals surface area contributed by atoms with Crippen molar-refractivity contribution in [2.24, 2.45) is 0 Å². The summed E-state index contributed by atoms with van der Waals surface area (Å²) in [6, 6.07) is 14.0. The van der Waals surface area contributed by atoms with Crippen LogP contribution in [0.15, 0.2) is 48.7 Å². The van der Waals surface area contributed by atoms with Crippen LogP contribution in [0.25, 0.3) is 0 Å². The zero-order valence-corrected chi connectivity index (χ0v) is 16.7. The van der Waals surface area contributed by atoms with Crippen LogP contribution in [0.1, 0.15) is 56.6 Å². The van der Waals surface area contributed by atoms with Gasteiger partial charge in [-0.3, -0.25) is 9.78 Å². The highest BCUT2D eigenvalue weighted by Gasteiger charge is 2.38. The first kappa shape index (κ1) is 19.4. The molecule has 1 amide bonds. The first-order valence-electron chi connectivity index (χ1n) is 9.57. The molecule has 1 fully saturated rings. The third kappa shape index (κ3) is 5.54. The summed E-state index contributed by atoms with van der Waals surface area (Å²) in [6.07, 6.45) is 3.47. The maximum atomic E-state index is 12.7. The number of aromatic nitrogens is 1. The van der Waals surface area contributed by atoms with Crippen LogP contribution in [-0.2, 0) is 6.54 Å². The number of hydrogen-bond donors (Lipinski definition) is 3. The van der Waals surface area contributed by atoms with Crippen LogP contribution >= 0.6 is 0 Å². The summed E-state index contributed by atoms with van der Waals surface area (Å²) in [5.74, 6) is -0.114. The Hall–Kier alpha value is -2.40. The molecule has 3 rings (SSSR count). The van der Waals surface area contributed by atoms with Gasteiger partial charge in [-0.1, -0.05) is 30.3 Å². The number of rotatable bonds is 5. The molecule has 0 spiro atoms. The Morgan fingerprint density at radius 1 is 1.11 bits per heavy atom. The molecule has 2 heterocycles. The Morgan fingerprint density at radius 3 is 2.44 bits per heavy atom. The zero-order valence-electron chi connectivity index (χ0n) is 16.7. The zero-order chi connectivity index (χ0) is 19.5. The third-order valence-electron chi connectivity index (χ3n) is 4.86. The minimum atomic E-state index is -0.114. The van der Waals surface area contributed by atoms with Crippen molar-refractivity contribution in [3.8, 4) is 0 Å². The van der Waals surface area contributed by atoms with Crippen molar-refractivity contribution in [3.63, 3.8) is 0 Å². The van der Waals surface area contributed by atoms with Gasteiger partial charge in [0.15, 0.2) is 0 Å². The normalized spacial score (nSPS) is 18.7. The number of hydrogen-bond acceptors (Lipinski definition) is 4. The van der Waals surface area contributed by atoms with Crippen LogP contribution in [0.5, 0.6) is 0 Å². The van der Waals surface area contributed by atoms with Crippen LogP contribution in [0.2, 0.25) is 0 Å². The smallest absolute Gasteiger partial charge is 0.270 e. The Bertz CT molecular complexity index is 770. The molecular weight excluding hydrogens is 336 g/mol. The van der Waals surface area contributed by atoms with Gasteiger partial charge in [-0.05, 0) is 58.2 Å². The lowest BCUT2D eigenvalue weighted by atomic mass is 9.79. The van der Waals surface area contributed by atoms with E-state index in [9.17, 15) is 4.79 Å². The Morgan fingerprint density at radius 2 is 1.78 bits per heavy atom. The molecule has 1 aliphatic rings. The molecule has 1 aromatic heterocycles. The van der Waals surface area contributed by atoms with E-state index in [1.165, 1.54) is 5.56 Å². The van der Waals surface area contributed by atoms with Gasteiger partial charge in [0.25, 0.3) is 5.91 Å². The predicted molar refractivity (Wildman–Crippen MR) is 110 cm³/mol. The number of nitrogens with zero attached hydrogens (tertiary/aromatic N) is 1. The number of benzene rings is 1. The molecule has 0 aliphatic carbocycles. The molecule has 1 aromatic carbocycles. The summed E-state index contributed by atoms with van der Waals surface area (Å²) in [5, 5.41) is 10.2. The van der Waals surface area contributed by atoms with Gasteiger partial charge in [0.2, 0.25) is 0 Å². The molecule has 0 radical (unpaired) electrons. The minimum Gasteiger partial charge on any atom is -0.381 e. The molecule has 0 bridgehead atoms. The van der Waals surface area contributed by atoms with Crippen LogP contribution < -0.4 is 16.0 Å². The standard InChI is InChI=1S/C22H30N4O/c1-21(2)13-18(14-22(3,4)26-21)25-20(27)19-12-17(10-11-23-19)24-15-16-8-6-5-7-9-16/h5-12,18,26H,13-15H2,1-4H3,(H,23,24)(H,25,27). The van der Waals surface area contributed by atoms with Crippen LogP contribution in [0.4, 0.5) is 5.69 Å². The molecule has 27 heavy (non-hydrogen) atoms. The van der Waals surface area contributed by atoms with Crippen molar-refractivity contribution in [2.75, 3.05) is 5.32 Å². The van der Waals surface area contributed by atoms with E-state index in [-0.39, 0.29) is 23.0 Å². The van der Waals surface area contributed by atoms with E-state index < -0.39 is 0 Å². The number of nitrogens with one attached hydrogen (secondary N) is 3. The van der Waals surface area contributed by atoms with E-state index in [2.05, 4.69) is 60.8 Å². The van der Waals surface area contributed by atoms with Gasteiger partial charge in [0, 0.05) is 35.5 Å². The van der Waals surface area contributed by atoms with E-state index in [0.717, 1.165) is 18.5 Å². The average molecular weight is 367 g/mol. The minimum absolute atomic E-state index is 0.00773. The summed E-state index contributed by atoms with van der Waals surface area (Å²) in [6.45, 7) is 9.43. The highest BCUT2D eigenvalue weighted by Crippen LogP contribution is 2.28. The quantitative estimate of drug-likeness (QED) is 0.754. The lowest BCUT2D eigenvalue weighted by Crippen LogP contribution is -2.62. The largest absolute Gasteiger partial charge is 0.381 e. The second-order valence-corrected chi connectivity index (χ2v) is 8.74. The second kappa shape index (κ2) is 7.69. The first-order chi connectivity index (χ1) is 12.7. The molecule has 1 saturated heterocycles. The van der Waals surface area contributed by atoms with Crippen molar-refractivity contribution in [1.29, 1.82) is 0 Å². The van der Waals surface area contributed by atoms with Gasteiger partial charge in [-0.15, -0.1) is 0 Å². The molecule has 2 aromatic rings. The lowest BCUT2D eigenvalue weighted by molar-refractivity contribution is 0.0868. The number of carbonyl (C=O) groups excluding carboxylic acids is 1. The summed E-state index contributed by atoms with van der Waals surface area (Å²) < 4.78 is 0. The van der Waals surface area contributed by atoms with E-state index in [1.54, 1.807) is 6.20 Å². The van der Waals surface area contributed by atoms with E-state index in [4.69, 9.17) is 0 Å². The molecule has 0 unspecified atom stereocenters. The van der Waals surface area contributed by atoms with Crippen molar-refractivity contribution in [2.45, 2.75) is 64.2 Å². The van der Waals surface area contributed by atoms with Crippen LogP contribution in [-0.4, -0.2) is 28.0 Å². The summed E-state index contributed by atoms with van der Waals surface area (Å²) in [4.78, 5) is 17.0. The monoisotopic (exact) mass is 366 g/mol. The van der Waals surface area contributed by atoms with Crippen LogP contribution in [0, 0.1) is 0 Å². The van der Waals surface area contributed by atoms with E-state index in [0.29, 0.717) is 12.2 Å². The number of anilines is 1. The summed E-state index contributed by atoms with van der Waals surface area (Å²) >= 11 is 0. The topological polar surface area (TPSA) is 66.0 Å². The highest BCUT2D eigenvalue weighted by molar-refractivity contribution is 5.93. The predicted octanol–water partition coefficient (Wildman–Crippen LogP) is 3.73. The van der Waals surface area contributed by atoms with Crippen molar-refractivity contribution >= 4 is 11.6 Å². The fourth-order valence-electron chi connectivity index (χ4n) is 4.15. The number of pyridine rings is 1. The number of piperidine rings is 1. The molecule has 5 heteroatoms. The van der Waals surface area contributed by atoms with Gasteiger partial charge in [0.1, 0.15) is 5.69 Å². The second-order valence-electron chi connectivity index (χ2n) is 8.74. The lowest BCUT2D eigenvalue weighted by Gasteiger charge is -2.46. The molecule has 144 valence electrons. The molecule has 1 aliphatic heterocycles. The molecule has 0 atom stereocenters. The fourth-order valence-corrected chi connectivity index (χ4v) is 4.15. The van der Waals surface area contributed by atoms with Gasteiger partial charge in [-0.2, -0.15) is 0 Å². The first-order valence-corrected chi connectivity index (χ1v) is 9.57. The highest BCUT2D eigenvalue weighted by atomic mass is 16.1. The van der Waals surface area contributed by atoms with Gasteiger partial charge >= 0.3 is 0 Å². The fraction of sp³-hybridized carbons (Fsp3) is 0.455. The van der Waals surface area contributed by atoms with Gasteiger partial charge < -0.3 is 16.0 Å². The Balaban J connectivity index is 1.63. The summed E-state index contributed by atoms with van der Waals surface area (Å²) in [5.41, 5.74) is 2.52. The van der Waals surface area contributed by atoms with Crippen molar-refractivity contribution in [1.82, 2.24) is 15.6 Å². The number of amides is 1. The molecule has 5 nitrogen and oxygen atoms in total. The Labute approximate surface area is 162 Å². The average Bonchev–Trinajstić information content (AvgIpc) is 2.58. The SMILES string of the molecule is CC1(C)CC(NC(=O)c2cc(NCc3ccccc3)ccn2)CC(C)(C)N1. The molecule has 3 N–H and O–H groups in total. The van der Waals surface area contributed by atoms with Gasteiger partial charge in [0.05, 0.1) is 0 Å². The molecular formula is C22H30N4O. The van der Waals surface area contributed by atoms with E-state index >= 15 is 0 Å². The third-order valence-corrected chi connectivity index (χ3v) is 4.86. The molecule has 0 saturated carbocycles. The van der Waals surface area contributed by atoms with Crippen molar-refractivity contribution < 1.29 is 4.79 Å². The maximum absolute atomic E-state index is 12.7. The van der Waals surface area contributed by atoms with E-state index in [1.807, 2.05) is 30.3 Å². The van der Waals surface area contributed by atoms with Crippen molar-refractivity contribution in [3.05, 3.63) is 59.9 Å². The summed E-state index contributed by atoms with van der Waals surface area (Å²) in [7, 11) is 0.